The monoisotopic (exact) mass is 267 g/mol. The molecule has 0 spiro atoms. The topological polar surface area (TPSA) is 86.5 Å². The van der Waals surface area contributed by atoms with Crippen molar-refractivity contribution in [3.63, 3.8) is 0 Å². The molecule has 106 valence electrons. The summed E-state index contributed by atoms with van der Waals surface area (Å²) >= 11 is 0. The zero-order valence-corrected chi connectivity index (χ0v) is 11.4. The van der Waals surface area contributed by atoms with Crippen LogP contribution in [0.2, 0.25) is 0 Å². The van der Waals surface area contributed by atoms with Crippen molar-refractivity contribution in [2.24, 2.45) is 5.73 Å². The fourth-order valence-corrected chi connectivity index (χ4v) is 1.43. The van der Waals surface area contributed by atoms with Crippen LogP contribution in [0.1, 0.15) is 19.0 Å². The lowest BCUT2D eigenvalue weighted by Crippen LogP contribution is -2.37. The number of hydrogen-bond donors (Lipinski definition) is 2. The number of carbonyl (C=O) groups excluding carboxylic acids is 1. The van der Waals surface area contributed by atoms with Crippen LogP contribution < -0.4 is 15.8 Å². The quantitative estimate of drug-likeness (QED) is 0.668. The first kappa shape index (κ1) is 15.4. The Morgan fingerprint density at radius 2 is 2.32 bits per heavy atom. The van der Waals surface area contributed by atoms with Crippen molar-refractivity contribution in [2.45, 2.75) is 26.0 Å². The number of pyridine rings is 1. The number of ether oxygens (including phenoxy) is 2. The number of rotatable bonds is 8. The molecule has 1 aromatic heterocycles. The minimum absolute atomic E-state index is 0.154. The average Bonchev–Trinajstić information content (AvgIpc) is 2.44. The molecule has 1 heterocycles. The third-order valence-electron chi connectivity index (χ3n) is 2.51. The molecule has 0 saturated carbocycles. The van der Waals surface area contributed by atoms with E-state index in [0.717, 1.165) is 12.1 Å². The van der Waals surface area contributed by atoms with Crippen molar-refractivity contribution >= 4 is 5.91 Å². The molecule has 0 aliphatic heterocycles. The first-order chi connectivity index (χ1) is 9.17. The van der Waals surface area contributed by atoms with Crippen molar-refractivity contribution in [1.29, 1.82) is 0 Å². The lowest BCUT2D eigenvalue weighted by molar-refractivity contribution is -0.127. The Labute approximate surface area is 113 Å². The molecule has 0 aromatic carbocycles. The lowest BCUT2D eigenvalue weighted by atomic mass is 10.3. The molecule has 3 N–H and O–H groups in total. The van der Waals surface area contributed by atoms with Crippen molar-refractivity contribution in [2.75, 3.05) is 20.3 Å². The molecule has 0 fully saturated rings. The summed E-state index contributed by atoms with van der Waals surface area (Å²) in [6.07, 6.45) is 1.78. The van der Waals surface area contributed by atoms with Crippen LogP contribution in [0.3, 0.4) is 0 Å². The molecule has 0 saturated heterocycles. The van der Waals surface area contributed by atoms with E-state index < -0.39 is 6.10 Å². The maximum absolute atomic E-state index is 11.7. The Morgan fingerprint density at radius 1 is 1.53 bits per heavy atom. The summed E-state index contributed by atoms with van der Waals surface area (Å²) in [5.41, 5.74) is 6.23. The van der Waals surface area contributed by atoms with Gasteiger partial charge in [0.25, 0.3) is 5.91 Å². The summed E-state index contributed by atoms with van der Waals surface area (Å²) in [4.78, 5) is 15.8. The maximum Gasteiger partial charge on any atom is 0.260 e. The van der Waals surface area contributed by atoms with Gasteiger partial charge in [-0.05, 0) is 25.5 Å². The van der Waals surface area contributed by atoms with Gasteiger partial charge in [0.1, 0.15) is 5.75 Å². The molecular formula is C13H21N3O3. The van der Waals surface area contributed by atoms with Crippen LogP contribution in [-0.4, -0.2) is 37.3 Å². The average molecular weight is 267 g/mol. The van der Waals surface area contributed by atoms with E-state index >= 15 is 0 Å². The van der Waals surface area contributed by atoms with E-state index in [9.17, 15) is 4.79 Å². The number of nitrogens with one attached hydrogen (secondary N) is 1. The number of methoxy groups -OCH3 is 1. The molecule has 0 bridgehead atoms. The Morgan fingerprint density at radius 3 is 2.89 bits per heavy atom. The van der Waals surface area contributed by atoms with E-state index in [1.165, 1.54) is 0 Å². The van der Waals surface area contributed by atoms with Crippen molar-refractivity contribution in [3.8, 4) is 5.75 Å². The van der Waals surface area contributed by atoms with Crippen LogP contribution in [0.5, 0.6) is 5.75 Å². The van der Waals surface area contributed by atoms with Crippen LogP contribution in [-0.2, 0) is 16.1 Å². The number of carbonyl (C=O) groups is 1. The Kier molecular flexibility index (Phi) is 6.84. The van der Waals surface area contributed by atoms with Gasteiger partial charge in [-0.3, -0.25) is 9.78 Å². The third kappa shape index (κ3) is 5.67. The molecule has 0 aliphatic rings. The van der Waals surface area contributed by atoms with E-state index in [-0.39, 0.29) is 5.91 Å². The van der Waals surface area contributed by atoms with Crippen molar-refractivity contribution in [1.82, 2.24) is 10.3 Å². The largest absolute Gasteiger partial charge is 0.479 e. The van der Waals surface area contributed by atoms with Crippen LogP contribution in [0, 0.1) is 0 Å². The van der Waals surface area contributed by atoms with Gasteiger partial charge in [0.05, 0.1) is 11.9 Å². The summed E-state index contributed by atoms with van der Waals surface area (Å²) in [6.45, 7) is 3.28. The second kappa shape index (κ2) is 8.44. The van der Waals surface area contributed by atoms with Crippen LogP contribution in [0.4, 0.5) is 0 Å². The molecular weight excluding hydrogens is 246 g/mol. The van der Waals surface area contributed by atoms with E-state index in [2.05, 4.69) is 10.3 Å². The Hall–Kier alpha value is -1.66. The zero-order chi connectivity index (χ0) is 14.1. The molecule has 1 atom stereocenters. The summed E-state index contributed by atoms with van der Waals surface area (Å²) in [7, 11) is 1.63. The van der Waals surface area contributed by atoms with E-state index in [1.54, 1.807) is 32.4 Å². The fraction of sp³-hybridized carbons (Fsp3) is 0.538. The van der Waals surface area contributed by atoms with E-state index in [4.69, 9.17) is 15.2 Å². The first-order valence-corrected chi connectivity index (χ1v) is 6.25. The highest BCUT2D eigenvalue weighted by Crippen LogP contribution is 2.11. The number of nitrogens with zero attached hydrogens (tertiary/aromatic N) is 1. The van der Waals surface area contributed by atoms with Crippen LogP contribution in [0.25, 0.3) is 0 Å². The second-order valence-corrected chi connectivity index (χ2v) is 4.09. The van der Waals surface area contributed by atoms with Crippen molar-refractivity contribution < 1.29 is 14.3 Å². The minimum atomic E-state index is -0.562. The Balaban J connectivity index is 2.35. The van der Waals surface area contributed by atoms with Gasteiger partial charge in [-0.2, -0.15) is 0 Å². The molecule has 1 unspecified atom stereocenters. The highest BCUT2D eigenvalue weighted by Gasteiger charge is 2.13. The Bertz CT molecular complexity index is 381. The fourth-order valence-electron chi connectivity index (χ4n) is 1.43. The number of hydrogen-bond acceptors (Lipinski definition) is 5. The highest BCUT2D eigenvalue weighted by atomic mass is 16.5. The minimum Gasteiger partial charge on any atom is -0.479 e. The SMILES string of the molecule is COCCCNC(=O)C(C)Oc1ccc(CN)nc1. The number of aromatic nitrogens is 1. The van der Waals surface area contributed by atoms with Gasteiger partial charge < -0.3 is 20.5 Å². The van der Waals surface area contributed by atoms with Gasteiger partial charge in [0.2, 0.25) is 0 Å². The standard InChI is InChI=1S/C13H21N3O3/c1-10(13(17)15-6-3-7-18-2)19-12-5-4-11(8-14)16-9-12/h4-5,9-10H,3,6-8,14H2,1-2H3,(H,15,17). The molecule has 19 heavy (non-hydrogen) atoms. The predicted octanol–water partition coefficient (Wildman–Crippen LogP) is 0.460. The molecule has 1 rings (SSSR count). The maximum atomic E-state index is 11.7. The summed E-state index contributed by atoms with van der Waals surface area (Å²) in [5.74, 6) is 0.399. The predicted molar refractivity (Wildman–Crippen MR) is 71.7 cm³/mol. The summed E-state index contributed by atoms with van der Waals surface area (Å²) < 4.78 is 10.4. The summed E-state index contributed by atoms with van der Waals surface area (Å²) in [5, 5.41) is 2.78. The highest BCUT2D eigenvalue weighted by molar-refractivity contribution is 5.80. The first-order valence-electron chi connectivity index (χ1n) is 6.25. The smallest absolute Gasteiger partial charge is 0.260 e. The van der Waals surface area contributed by atoms with E-state index in [1.807, 2.05) is 0 Å². The summed E-state index contributed by atoms with van der Waals surface area (Å²) in [6, 6.07) is 3.53. The van der Waals surface area contributed by atoms with Crippen molar-refractivity contribution in [3.05, 3.63) is 24.0 Å². The lowest BCUT2D eigenvalue weighted by Gasteiger charge is -2.14. The normalized spacial score (nSPS) is 11.9. The molecule has 6 nitrogen and oxygen atoms in total. The van der Waals surface area contributed by atoms with Gasteiger partial charge in [0, 0.05) is 26.8 Å². The van der Waals surface area contributed by atoms with Gasteiger partial charge in [-0.25, -0.2) is 0 Å². The molecule has 6 heteroatoms. The second-order valence-electron chi connectivity index (χ2n) is 4.09. The zero-order valence-electron chi connectivity index (χ0n) is 11.4. The van der Waals surface area contributed by atoms with Gasteiger partial charge in [-0.1, -0.05) is 0 Å². The van der Waals surface area contributed by atoms with Gasteiger partial charge in [0.15, 0.2) is 6.10 Å². The molecule has 1 amide bonds. The molecule has 0 radical (unpaired) electrons. The third-order valence-corrected chi connectivity index (χ3v) is 2.51. The number of amides is 1. The molecule has 0 aliphatic carbocycles. The van der Waals surface area contributed by atoms with E-state index in [0.29, 0.717) is 25.4 Å². The van der Waals surface area contributed by atoms with Crippen LogP contribution in [0.15, 0.2) is 18.3 Å². The van der Waals surface area contributed by atoms with Crippen LogP contribution >= 0.6 is 0 Å². The number of nitrogens with two attached hydrogens (primary N) is 1. The van der Waals surface area contributed by atoms with Gasteiger partial charge in [-0.15, -0.1) is 0 Å². The molecule has 1 aromatic rings. The van der Waals surface area contributed by atoms with Gasteiger partial charge >= 0.3 is 0 Å².